The number of amides is 2. The Morgan fingerprint density at radius 3 is 2.45 bits per heavy atom. The van der Waals surface area contributed by atoms with Gasteiger partial charge in [0.25, 0.3) is 11.8 Å². The van der Waals surface area contributed by atoms with E-state index in [-0.39, 0.29) is 35.1 Å². The lowest BCUT2D eigenvalue weighted by molar-refractivity contribution is -0.192. The third-order valence-electron chi connectivity index (χ3n) is 5.75. The minimum atomic E-state index is -5.08. The quantitative estimate of drug-likeness (QED) is 0.312. The maximum Gasteiger partial charge on any atom is 0.490 e. The standard InChI is InChI=1S/C20H27N9O2.C2HF3O2/c1-11(2)29-10-15(17(27-29)18(22)30)25-20(31)12-9-23-28-8-7-16(26-19(12)28)24-14-6-4-3-5-13(14)21;3-2(4,5)1(6)7/h7-11,13-14H,3-6,21H2,1-2H3,(H2,22,30)(H,24,26)(H,25,31);(H,6,7)/t13-,14+;/m0./s1. The number of fused-ring (bicyclic) bond motifs is 1. The number of carboxylic acid groups (broad SMARTS) is 1. The number of carbonyl (C=O) groups excluding carboxylic acids is 2. The maximum atomic E-state index is 13.0. The van der Waals surface area contributed by atoms with Gasteiger partial charge in [0, 0.05) is 30.5 Å². The van der Waals surface area contributed by atoms with Crippen molar-refractivity contribution >= 4 is 34.9 Å². The van der Waals surface area contributed by atoms with Crippen LogP contribution in [0.25, 0.3) is 5.65 Å². The van der Waals surface area contributed by atoms with Crippen LogP contribution in [0, 0.1) is 0 Å². The van der Waals surface area contributed by atoms with Crippen LogP contribution in [-0.4, -0.2) is 65.5 Å². The Balaban J connectivity index is 0.000000505. The highest BCUT2D eigenvalue weighted by molar-refractivity contribution is 6.10. The van der Waals surface area contributed by atoms with Crippen molar-refractivity contribution in [2.24, 2.45) is 11.5 Å². The van der Waals surface area contributed by atoms with Crippen LogP contribution < -0.4 is 22.1 Å². The molecular weight excluding hydrogens is 511 g/mol. The van der Waals surface area contributed by atoms with E-state index in [1.807, 2.05) is 13.8 Å². The Kier molecular flexibility index (Phi) is 8.55. The van der Waals surface area contributed by atoms with Crippen molar-refractivity contribution in [3.05, 3.63) is 35.9 Å². The van der Waals surface area contributed by atoms with Crippen molar-refractivity contribution in [1.29, 1.82) is 0 Å². The largest absolute Gasteiger partial charge is 0.490 e. The number of nitrogens with zero attached hydrogens (tertiary/aromatic N) is 5. The summed E-state index contributed by atoms with van der Waals surface area (Å²) in [4.78, 5) is 38.2. The first-order chi connectivity index (χ1) is 17.8. The molecule has 0 radical (unpaired) electrons. The summed E-state index contributed by atoms with van der Waals surface area (Å²) in [5.41, 5.74) is 12.6. The van der Waals surface area contributed by atoms with Crippen LogP contribution in [0.3, 0.4) is 0 Å². The molecule has 38 heavy (non-hydrogen) atoms. The van der Waals surface area contributed by atoms with E-state index in [1.54, 1.807) is 23.1 Å². The first kappa shape index (κ1) is 28.4. The van der Waals surface area contributed by atoms with E-state index in [1.165, 1.54) is 10.7 Å². The molecule has 206 valence electrons. The van der Waals surface area contributed by atoms with Gasteiger partial charge in [-0.15, -0.1) is 0 Å². The number of aliphatic carboxylic acids is 1. The summed E-state index contributed by atoms with van der Waals surface area (Å²) in [6, 6.07) is 2.02. The van der Waals surface area contributed by atoms with Gasteiger partial charge in [0.1, 0.15) is 11.4 Å². The van der Waals surface area contributed by atoms with Gasteiger partial charge in [-0.2, -0.15) is 23.4 Å². The second kappa shape index (κ2) is 11.5. The van der Waals surface area contributed by atoms with Crippen LogP contribution in [0.2, 0.25) is 0 Å². The van der Waals surface area contributed by atoms with Crippen LogP contribution in [-0.2, 0) is 4.79 Å². The Morgan fingerprint density at radius 1 is 1.21 bits per heavy atom. The fourth-order valence-corrected chi connectivity index (χ4v) is 3.76. The van der Waals surface area contributed by atoms with Gasteiger partial charge in [-0.25, -0.2) is 14.3 Å². The molecule has 1 aliphatic carbocycles. The molecule has 2 atom stereocenters. The zero-order valence-electron chi connectivity index (χ0n) is 20.6. The summed E-state index contributed by atoms with van der Waals surface area (Å²) in [5.74, 6) is -3.30. The van der Waals surface area contributed by atoms with Crippen molar-refractivity contribution < 1.29 is 32.7 Å². The van der Waals surface area contributed by atoms with Crippen molar-refractivity contribution in [2.75, 3.05) is 10.6 Å². The first-order valence-corrected chi connectivity index (χ1v) is 11.6. The van der Waals surface area contributed by atoms with Crippen LogP contribution in [0.5, 0.6) is 0 Å². The van der Waals surface area contributed by atoms with Gasteiger partial charge in [0.2, 0.25) is 0 Å². The molecule has 1 saturated carbocycles. The van der Waals surface area contributed by atoms with Crippen molar-refractivity contribution in [2.45, 2.75) is 63.8 Å². The lowest BCUT2D eigenvalue weighted by Gasteiger charge is -2.29. The summed E-state index contributed by atoms with van der Waals surface area (Å²) in [6.45, 7) is 3.82. The van der Waals surface area contributed by atoms with Gasteiger partial charge >= 0.3 is 12.1 Å². The molecule has 1 fully saturated rings. The van der Waals surface area contributed by atoms with Gasteiger partial charge in [-0.05, 0) is 32.8 Å². The number of carboxylic acids is 1. The molecule has 0 aliphatic heterocycles. The van der Waals surface area contributed by atoms with E-state index in [9.17, 15) is 22.8 Å². The fraction of sp³-hybridized carbons (Fsp3) is 0.455. The molecule has 16 heteroatoms. The highest BCUT2D eigenvalue weighted by Crippen LogP contribution is 2.22. The van der Waals surface area contributed by atoms with E-state index >= 15 is 0 Å². The molecule has 0 bridgehead atoms. The number of primary amides is 1. The summed E-state index contributed by atoms with van der Waals surface area (Å²) in [7, 11) is 0. The second-order valence-electron chi connectivity index (χ2n) is 8.92. The van der Waals surface area contributed by atoms with E-state index < -0.39 is 24.0 Å². The first-order valence-electron chi connectivity index (χ1n) is 11.6. The summed E-state index contributed by atoms with van der Waals surface area (Å²) in [5, 5.41) is 21.6. The number of aromatic nitrogens is 5. The topological polar surface area (TPSA) is 196 Å². The number of halogens is 3. The maximum absolute atomic E-state index is 13.0. The third-order valence-corrected chi connectivity index (χ3v) is 5.75. The normalized spacial score (nSPS) is 17.6. The average Bonchev–Trinajstić information content (AvgIpc) is 3.45. The van der Waals surface area contributed by atoms with Crippen LogP contribution >= 0.6 is 0 Å². The molecule has 2 amide bonds. The molecule has 3 heterocycles. The summed E-state index contributed by atoms with van der Waals surface area (Å²) >= 11 is 0. The number of hydrogen-bond donors (Lipinski definition) is 5. The molecule has 4 rings (SSSR count). The molecule has 0 spiro atoms. The summed E-state index contributed by atoms with van der Waals surface area (Å²) in [6.07, 6.45) is 3.90. The Hall–Kier alpha value is -4.21. The smallest absolute Gasteiger partial charge is 0.475 e. The average molecular weight is 540 g/mol. The third kappa shape index (κ3) is 6.76. The number of hydrogen-bond acceptors (Lipinski definition) is 8. The fourth-order valence-electron chi connectivity index (χ4n) is 3.76. The molecule has 7 N–H and O–H groups in total. The predicted octanol–water partition coefficient (Wildman–Crippen LogP) is 2.17. The van der Waals surface area contributed by atoms with E-state index in [4.69, 9.17) is 21.4 Å². The highest BCUT2D eigenvalue weighted by atomic mass is 19.4. The zero-order valence-corrected chi connectivity index (χ0v) is 20.6. The molecular formula is C22H28F3N9O4. The molecule has 13 nitrogen and oxygen atoms in total. The molecule has 1 aliphatic rings. The van der Waals surface area contributed by atoms with Gasteiger partial charge in [-0.3, -0.25) is 14.3 Å². The zero-order chi connectivity index (χ0) is 28.2. The predicted molar refractivity (Wildman–Crippen MR) is 130 cm³/mol. The number of carbonyl (C=O) groups is 3. The number of alkyl halides is 3. The molecule has 0 unspecified atom stereocenters. The SMILES string of the molecule is CC(C)n1cc(NC(=O)c2cnn3ccc(N[C@@H]4CCCC[C@@H]4N)nc23)c(C(N)=O)n1.O=C(O)C(F)(F)F. The molecule has 3 aromatic rings. The molecule has 0 aromatic carbocycles. The van der Waals surface area contributed by atoms with Gasteiger partial charge < -0.3 is 27.2 Å². The van der Waals surface area contributed by atoms with Crippen molar-refractivity contribution in [3.63, 3.8) is 0 Å². The van der Waals surface area contributed by atoms with Crippen LogP contribution in [0.15, 0.2) is 24.7 Å². The summed E-state index contributed by atoms with van der Waals surface area (Å²) < 4.78 is 34.8. The van der Waals surface area contributed by atoms with E-state index in [2.05, 4.69) is 25.8 Å². The van der Waals surface area contributed by atoms with Crippen LogP contribution in [0.4, 0.5) is 24.7 Å². The number of nitrogens with two attached hydrogens (primary N) is 2. The number of nitrogens with one attached hydrogen (secondary N) is 2. The minimum Gasteiger partial charge on any atom is -0.475 e. The monoisotopic (exact) mass is 539 g/mol. The highest BCUT2D eigenvalue weighted by Gasteiger charge is 2.38. The Labute approximate surface area is 214 Å². The molecule has 3 aromatic heterocycles. The number of anilines is 2. The Bertz CT molecular complexity index is 1320. The lowest BCUT2D eigenvalue weighted by atomic mass is 9.91. The number of rotatable bonds is 6. The molecule has 0 saturated heterocycles. The van der Waals surface area contributed by atoms with Gasteiger partial charge in [0.15, 0.2) is 11.3 Å². The van der Waals surface area contributed by atoms with Gasteiger partial charge in [0.05, 0.1) is 11.9 Å². The second-order valence-corrected chi connectivity index (χ2v) is 8.92. The van der Waals surface area contributed by atoms with Crippen molar-refractivity contribution in [3.8, 4) is 0 Å². The van der Waals surface area contributed by atoms with Crippen molar-refractivity contribution in [1.82, 2.24) is 24.4 Å². The Morgan fingerprint density at radius 2 is 1.87 bits per heavy atom. The van der Waals surface area contributed by atoms with Crippen LogP contribution in [0.1, 0.15) is 66.4 Å². The van der Waals surface area contributed by atoms with E-state index in [0.717, 1.165) is 25.7 Å². The lowest BCUT2D eigenvalue weighted by Crippen LogP contribution is -2.42. The minimum absolute atomic E-state index is 0.000116. The van der Waals surface area contributed by atoms with E-state index in [0.29, 0.717) is 11.5 Å². The van der Waals surface area contributed by atoms with Gasteiger partial charge in [-0.1, -0.05) is 12.8 Å².